The summed E-state index contributed by atoms with van der Waals surface area (Å²) < 4.78 is 10.7. The second-order valence-electron chi connectivity index (χ2n) is 3.25. The number of ether oxygens (including phenoxy) is 2. The first kappa shape index (κ1) is 11.1. The number of hydrogen-bond donors (Lipinski definition) is 0. The monoisotopic (exact) mass is 194 g/mol. The highest BCUT2D eigenvalue weighted by molar-refractivity contribution is 5.35. The molecule has 78 valence electrons. The minimum Gasteiger partial charge on any atom is -0.496 e. The molecule has 2 nitrogen and oxygen atoms in total. The van der Waals surface area contributed by atoms with Gasteiger partial charge in [0.1, 0.15) is 5.75 Å². The van der Waals surface area contributed by atoms with E-state index in [1.54, 1.807) is 14.2 Å². The van der Waals surface area contributed by atoms with Gasteiger partial charge < -0.3 is 9.47 Å². The summed E-state index contributed by atoms with van der Waals surface area (Å²) in [7, 11) is 3.43. The van der Waals surface area contributed by atoms with Gasteiger partial charge in [0.05, 0.1) is 13.2 Å². The standard InChI is InChI=1S/C12H18O2/c1-4-7-11(13-2)10-8-5-6-9-12(10)14-3/h5-6,8-9,11H,4,7H2,1-3H3. The van der Waals surface area contributed by atoms with Crippen LogP contribution < -0.4 is 4.74 Å². The molecule has 0 fully saturated rings. The molecule has 1 rings (SSSR count). The Hall–Kier alpha value is -1.02. The predicted octanol–water partition coefficient (Wildman–Crippen LogP) is 3.18. The fraction of sp³-hybridized carbons (Fsp3) is 0.500. The molecule has 1 unspecified atom stereocenters. The molecule has 0 spiro atoms. The molecule has 0 N–H and O–H groups in total. The summed E-state index contributed by atoms with van der Waals surface area (Å²) in [6.07, 6.45) is 2.28. The maximum absolute atomic E-state index is 5.44. The van der Waals surface area contributed by atoms with Crippen LogP contribution in [0.1, 0.15) is 31.4 Å². The highest BCUT2D eigenvalue weighted by Gasteiger charge is 2.13. The van der Waals surface area contributed by atoms with Gasteiger partial charge >= 0.3 is 0 Å². The summed E-state index contributed by atoms with van der Waals surface area (Å²) in [5.41, 5.74) is 1.14. The number of rotatable bonds is 5. The summed E-state index contributed by atoms with van der Waals surface area (Å²) in [6.45, 7) is 2.15. The van der Waals surface area contributed by atoms with Crippen molar-refractivity contribution in [1.29, 1.82) is 0 Å². The zero-order valence-corrected chi connectivity index (χ0v) is 9.12. The third kappa shape index (κ3) is 2.48. The first-order valence-corrected chi connectivity index (χ1v) is 4.99. The molecular formula is C12H18O2. The average Bonchev–Trinajstić information content (AvgIpc) is 2.26. The van der Waals surface area contributed by atoms with E-state index in [2.05, 4.69) is 13.0 Å². The molecular weight excluding hydrogens is 176 g/mol. The largest absolute Gasteiger partial charge is 0.496 e. The minimum absolute atomic E-state index is 0.149. The lowest BCUT2D eigenvalue weighted by atomic mass is 10.0. The van der Waals surface area contributed by atoms with Gasteiger partial charge in [-0.2, -0.15) is 0 Å². The Labute approximate surface area is 85.8 Å². The van der Waals surface area contributed by atoms with Gasteiger partial charge in [-0.1, -0.05) is 31.5 Å². The quantitative estimate of drug-likeness (QED) is 0.716. The maximum Gasteiger partial charge on any atom is 0.124 e. The fourth-order valence-electron chi connectivity index (χ4n) is 1.59. The van der Waals surface area contributed by atoms with Crippen molar-refractivity contribution >= 4 is 0 Å². The van der Waals surface area contributed by atoms with Gasteiger partial charge in [0.25, 0.3) is 0 Å². The molecule has 0 radical (unpaired) electrons. The summed E-state index contributed by atoms with van der Waals surface area (Å²) in [5.74, 6) is 0.910. The van der Waals surface area contributed by atoms with Crippen molar-refractivity contribution in [3.05, 3.63) is 29.8 Å². The van der Waals surface area contributed by atoms with Crippen LogP contribution in [0.2, 0.25) is 0 Å². The van der Waals surface area contributed by atoms with Crippen molar-refractivity contribution in [2.24, 2.45) is 0 Å². The molecule has 0 bridgehead atoms. The summed E-state index contributed by atoms with van der Waals surface area (Å²) in [5, 5.41) is 0. The first-order chi connectivity index (χ1) is 6.83. The molecule has 0 aliphatic heterocycles. The third-order valence-electron chi connectivity index (χ3n) is 2.32. The number of para-hydroxylation sites is 1. The van der Waals surface area contributed by atoms with Crippen molar-refractivity contribution < 1.29 is 9.47 Å². The van der Waals surface area contributed by atoms with E-state index in [-0.39, 0.29) is 6.10 Å². The van der Waals surface area contributed by atoms with E-state index < -0.39 is 0 Å². The van der Waals surface area contributed by atoms with Crippen LogP contribution in [-0.4, -0.2) is 14.2 Å². The highest BCUT2D eigenvalue weighted by atomic mass is 16.5. The molecule has 0 saturated carbocycles. The van der Waals surface area contributed by atoms with Gasteiger partial charge in [0.2, 0.25) is 0 Å². The van der Waals surface area contributed by atoms with E-state index in [4.69, 9.17) is 9.47 Å². The summed E-state index contributed by atoms with van der Waals surface area (Å²) in [6, 6.07) is 8.01. The lowest BCUT2D eigenvalue weighted by Crippen LogP contribution is -2.03. The Bertz CT molecular complexity index is 271. The Kier molecular flexibility index (Phi) is 4.47. The van der Waals surface area contributed by atoms with Gasteiger partial charge in [0, 0.05) is 12.7 Å². The SMILES string of the molecule is CCCC(OC)c1ccccc1OC. The van der Waals surface area contributed by atoms with E-state index in [9.17, 15) is 0 Å². The Morgan fingerprint density at radius 3 is 2.50 bits per heavy atom. The van der Waals surface area contributed by atoms with Gasteiger partial charge in [-0.25, -0.2) is 0 Å². The van der Waals surface area contributed by atoms with E-state index in [1.165, 1.54) is 0 Å². The van der Waals surface area contributed by atoms with Gasteiger partial charge in [-0.15, -0.1) is 0 Å². The molecule has 1 aromatic rings. The minimum atomic E-state index is 0.149. The van der Waals surface area contributed by atoms with Crippen LogP contribution >= 0.6 is 0 Å². The van der Waals surface area contributed by atoms with Crippen LogP contribution in [-0.2, 0) is 4.74 Å². The van der Waals surface area contributed by atoms with Crippen molar-refractivity contribution in [3.8, 4) is 5.75 Å². The molecule has 1 atom stereocenters. The summed E-state index contributed by atoms with van der Waals surface area (Å²) in [4.78, 5) is 0. The van der Waals surface area contributed by atoms with Crippen molar-refractivity contribution in [1.82, 2.24) is 0 Å². The van der Waals surface area contributed by atoms with Gasteiger partial charge in [-0.05, 0) is 12.5 Å². The van der Waals surface area contributed by atoms with Crippen LogP contribution in [0, 0.1) is 0 Å². The zero-order chi connectivity index (χ0) is 10.4. The Morgan fingerprint density at radius 1 is 1.21 bits per heavy atom. The van der Waals surface area contributed by atoms with Crippen LogP contribution in [0.25, 0.3) is 0 Å². The predicted molar refractivity (Wildman–Crippen MR) is 57.7 cm³/mol. The van der Waals surface area contributed by atoms with Crippen LogP contribution in [0.4, 0.5) is 0 Å². The average molecular weight is 194 g/mol. The molecule has 0 heterocycles. The fourth-order valence-corrected chi connectivity index (χ4v) is 1.59. The molecule has 14 heavy (non-hydrogen) atoms. The summed E-state index contributed by atoms with van der Waals surface area (Å²) >= 11 is 0. The molecule has 1 aromatic carbocycles. The maximum atomic E-state index is 5.44. The molecule has 0 aliphatic carbocycles. The highest BCUT2D eigenvalue weighted by Crippen LogP contribution is 2.29. The lowest BCUT2D eigenvalue weighted by molar-refractivity contribution is 0.0926. The number of methoxy groups -OCH3 is 2. The van der Waals surface area contributed by atoms with Crippen LogP contribution in [0.3, 0.4) is 0 Å². The Morgan fingerprint density at radius 2 is 1.93 bits per heavy atom. The number of hydrogen-bond acceptors (Lipinski definition) is 2. The second kappa shape index (κ2) is 5.66. The third-order valence-corrected chi connectivity index (χ3v) is 2.32. The van der Waals surface area contributed by atoms with Gasteiger partial charge in [-0.3, -0.25) is 0 Å². The normalized spacial score (nSPS) is 12.5. The van der Waals surface area contributed by atoms with E-state index >= 15 is 0 Å². The van der Waals surface area contributed by atoms with E-state index in [0.717, 1.165) is 24.2 Å². The first-order valence-electron chi connectivity index (χ1n) is 4.99. The van der Waals surface area contributed by atoms with Crippen molar-refractivity contribution in [2.45, 2.75) is 25.9 Å². The van der Waals surface area contributed by atoms with E-state index in [1.807, 2.05) is 18.2 Å². The smallest absolute Gasteiger partial charge is 0.124 e. The van der Waals surface area contributed by atoms with Gasteiger partial charge in [0.15, 0.2) is 0 Å². The van der Waals surface area contributed by atoms with Crippen molar-refractivity contribution in [3.63, 3.8) is 0 Å². The number of benzene rings is 1. The van der Waals surface area contributed by atoms with Crippen LogP contribution in [0.5, 0.6) is 5.75 Å². The Balaban J connectivity index is 2.90. The van der Waals surface area contributed by atoms with Crippen LogP contribution in [0.15, 0.2) is 24.3 Å². The topological polar surface area (TPSA) is 18.5 Å². The molecule has 0 aromatic heterocycles. The zero-order valence-electron chi connectivity index (χ0n) is 9.12. The molecule has 0 saturated heterocycles. The van der Waals surface area contributed by atoms with E-state index in [0.29, 0.717) is 0 Å². The molecule has 0 amide bonds. The molecule has 0 aliphatic rings. The van der Waals surface area contributed by atoms with Crippen molar-refractivity contribution in [2.75, 3.05) is 14.2 Å². The lowest BCUT2D eigenvalue weighted by Gasteiger charge is -2.17. The molecule has 2 heteroatoms. The second-order valence-corrected chi connectivity index (χ2v) is 3.25.